The molecule has 0 aromatic heterocycles. The van der Waals surface area contributed by atoms with Crippen molar-refractivity contribution >= 4 is 39.2 Å². The fourth-order valence-corrected chi connectivity index (χ4v) is 2.97. The van der Waals surface area contributed by atoms with Crippen molar-refractivity contribution < 1.29 is 14.3 Å². The summed E-state index contributed by atoms with van der Waals surface area (Å²) in [6, 6.07) is 14.0. The smallest absolute Gasteiger partial charge is 0.319 e. The number of nitrogens with zero attached hydrogens (tertiary/aromatic N) is 1. The number of methoxy groups -OCH3 is 1. The van der Waals surface area contributed by atoms with Gasteiger partial charge in [0.1, 0.15) is 5.75 Å². The van der Waals surface area contributed by atoms with Gasteiger partial charge in [0.05, 0.1) is 13.2 Å². The molecule has 0 bridgehead atoms. The van der Waals surface area contributed by atoms with E-state index in [1.165, 1.54) is 0 Å². The summed E-state index contributed by atoms with van der Waals surface area (Å²) in [6.07, 6.45) is 0.278. The van der Waals surface area contributed by atoms with Crippen LogP contribution in [0.25, 0.3) is 0 Å². The standard InChI is InChI=1S/C18H18BrN3O3/c1-25-16-8-6-15(7-9-16)22-11-14(10-17(22)23)21-18(24)20-13-4-2-12(19)3-5-13/h2-9,14H,10-11H2,1H3,(H2,20,21,24)/t14-/m0/s1. The fraction of sp³-hybridized carbons (Fsp3) is 0.222. The topological polar surface area (TPSA) is 70.7 Å². The molecule has 3 amide bonds. The highest BCUT2D eigenvalue weighted by molar-refractivity contribution is 9.10. The summed E-state index contributed by atoms with van der Waals surface area (Å²) < 4.78 is 6.06. The van der Waals surface area contributed by atoms with Crippen LogP contribution in [0.15, 0.2) is 53.0 Å². The van der Waals surface area contributed by atoms with Gasteiger partial charge < -0.3 is 20.3 Å². The second-order valence-corrected chi connectivity index (χ2v) is 6.62. The van der Waals surface area contributed by atoms with Gasteiger partial charge in [-0.25, -0.2) is 4.79 Å². The minimum Gasteiger partial charge on any atom is -0.497 e. The van der Waals surface area contributed by atoms with Crippen molar-refractivity contribution in [2.75, 3.05) is 23.9 Å². The number of carbonyl (C=O) groups is 2. The van der Waals surface area contributed by atoms with E-state index in [1.54, 1.807) is 24.1 Å². The number of halogens is 1. The Kier molecular flexibility index (Phi) is 5.23. The SMILES string of the molecule is COc1ccc(N2C[C@@H](NC(=O)Nc3ccc(Br)cc3)CC2=O)cc1. The lowest BCUT2D eigenvalue weighted by Gasteiger charge is -2.17. The lowest BCUT2D eigenvalue weighted by atomic mass is 10.2. The molecule has 25 heavy (non-hydrogen) atoms. The minimum absolute atomic E-state index is 0.0147. The predicted molar refractivity (Wildman–Crippen MR) is 100 cm³/mol. The molecule has 130 valence electrons. The largest absolute Gasteiger partial charge is 0.497 e. The molecule has 0 spiro atoms. The van der Waals surface area contributed by atoms with Crippen LogP contribution in [-0.2, 0) is 4.79 Å². The Balaban J connectivity index is 1.58. The van der Waals surface area contributed by atoms with Crippen molar-refractivity contribution in [2.45, 2.75) is 12.5 Å². The van der Waals surface area contributed by atoms with Crippen LogP contribution >= 0.6 is 15.9 Å². The maximum absolute atomic E-state index is 12.2. The lowest BCUT2D eigenvalue weighted by Crippen LogP contribution is -2.39. The predicted octanol–water partition coefficient (Wildman–Crippen LogP) is 3.38. The van der Waals surface area contributed by atoms with Crippen LogP contribution in [0.1, 0.15) is 6.42 Å². The van der Waals surface area contributed by atoms with E-state index in [0.717, 1.165) is 15.9 Å². The number of amides is 3. The fourth-order valence-electron chi connectivity index (χ4n) is 2.70. The van der Waals surface area contributed by atoms with Crippen molar-refractivity contribution in [3.63, 3.8) is 0 Å². The van der Waals surface area contributed by atoms with Gasteiger partial charge in [-0.2, -0.15) is 0 Å². The highest BCUT2D eigenvalue weighted by Crippen LogP contribution is 2.24. The van der Waals surface area contributed by atoms with Gasteiger partial charge in [0, 0.05) is 28.8 Å². The highest BCUT2D eigenvalue weighted by atomic mass is 79.9. The maximum Gasteiger partial charge on any atom is 0.319 e. The molecule has 0 unspecified atom stereocenters. The zero-order valence-corrected chi connectivity index (χ0v) is 15.2. The molecule has 2 aromatic carbocycles. The van der Waals surface area contributed by atoms with Crippen LogP contribution < -0.4 is 20.3 Å². The van der Waals surface area contributed by atoms with E-state index in [2.05, 4.69) is 26.6 Å². The number of hydrogen-bond donors (Lipinski definition) is 2. The van der Waals surface area contributed by atoms with Crippen molar-refractivity contribution in [3.8, 4) is 5.75 Å². The summed E-state index contributed by atoms with van der Waals surface area (Å²) in [5.41, 5.74) is 1.49. The van der Waals surface area contributed by atoms with E-state index in [9.17, 15) is 9.59 Å². The average molecular weight is 404 g/mol. The molecule has 0 aliphatic carbocycles. The molecule has 1 atom stereocenters. The number of hydrogen-bond acceptors (Lipinski definition) is 3. The molecule has 6 nitrogen and oxygen atoms in total. The highest BCUT2D eigenvalue weighted by Gasteiger charge is 2.31. The average Bonchev–Trinajstić information content (AvgIpc) is 2.97. The number of nitrogens with one attached hydrogen (secondary N) is 2. The molecule has 0 radical (unpaired) electrons. The number of carbonyl (C=O) groups excluding carboxylic acids is 2. The Morgan fingerprint density at radius 3 is 2.48 bits per heavy atom. The third kappa shape index (κ3) is 4.30. The van der Waals surface area contributed by atoms with Crippen LogP contribution in [-0.4, -0.2) is 31.6 Å². The monoisotopic (exact) mass is 403 g/mol. The van der Waals surface area contributed by atoms with Crippen LogP contribution in [0, 0.1) is 0 Å². The number of benzene rings is 2. The van der Waals surface area contributed by atoms with Gasteiger partial charge in [-0.3, -0.25) is 4.79 Å². The number of ether oxygens (including phenoxy) is 1. The zero-order valence-electron chi connectivity index (χ0n) is 13.7. The third-order valence-corrected chi connectivity index (χ3v) is 4.48. The second kappa shape index (κ2) is 7.57. The molecule has 2 N–H and O–H groups in total. The van der Waals surface area contributed by atoms with Crippen molar-refractivity contribution in [3.05, 3.63) is 53.0 Å². The van der Waals surface area contributed by atoms with Crippen molar-refractivity contribution in [2.24, 2.45) is 0 Å². The molecule has 0 saturated carbocycles. The van der Waals surface area contributed by atoms with E-state index in [0.29, 0.717) is 12.2 Å². The third-order valence-electron chi connectivity index (χ3n) is 3.95. The Morgan fingerprint density at radius 2 is 1.84 bits per heavy atom. The van der Waals surface area contributed by atoms with Gasteiger partial charge in [0.15, 0.2) is 0 Å². The molecular weight excluding hydrogens is 386 g/mol. The molecule has 1 aliphatic heterocycles. The Labute approximate surface area is 154 Å². The summed E-state index contributed by atoms with van der Waals surface area (Å²) in [5.74, 6) is 0.720. The summed E-state index contributed by atoms with van der Waals surface area (Å²) in [6.45, 7) is 0.443. The first-order chi connectivity index (χ1) is 12.0. The van der Waals surface area contributed by atoms with Gasteiger partial charge >= 0.3 is 6.03 Å². The second-order valence-electron chi connectivity index (χ2n) is 5.71. The molecule has 1 saturated heterocycles. The van der Waals surface area contributed by atoms with Crippen LogP contribution in [0.3, 0.4) is 0 Å². The van der Waals surface area contributed by atoms with Gasteiger partial charge in [-0.05, 0) is 48.5 Å². The molecule has 1 aliphatic rings. The minimum atomic E-state index is -0.322. The number of rotatable bonds is 4. The van der Waals surface area contributed by atoms with Crippen LogP contribution in [0.2, 0.25) is 0 Å². The maximum atomic E-state index is 12.2. The van der Waals surface area contributed by atoms with Crippen molar-refractivity contribution in [1.29, 1.82) is 0 Å². The first-order valence-corrected chi connectivity index (χ1v) is 8.62. The molecular formula is C18H18BrN3O3. The van der Waals surface area contributed by atoms with Gasteiger partial charge in [-0.15, -0.1) is 0 Å². The molecule has 2 aromatic rings. The Morgan fingerprint density at radius 1 is 1.16 bits per heavy atom. The normalized spacial score (nSPS) is 16.6. The summed E-state index contributed by atoms with van der Waals surface area (Å²) in [4.78, 5) is 26.0. The summed E-state index contributed by atoms with van der Waals surface area (Å²) in [7, 11) is 1.60. The van der Waals surface area contributed by atoms with Crippen LogP contribution in [0.4, 0.5) is 16.2 Å². The molecule has 1 heterocycles. The summed E-state index contributed by atoms with van der Waals surface area (Å²) in [5, 5.41) is 5.61. The van der Waals surface area contributed by atoms with Crippen molar-refractivity contribution in [1.82, 2.24) is 5.32 Å². The zero-order chi connectivity index (χ0) is 17.8. The Bertz CT molecular complexity index is 762. The molecule has 1 fully saturated rings. The number of urea groups is 1. The Hall–Kier alpha value is -2.54. The molecule has 3 rings (SSSR count). The molecule has 7 heteroatoms. The van der Waals surface area contributed by atoms with Crippen LogP contribution in [0.5, 0.6) is 5.75 Å². The van der Waals surface area contributed by atoms with E-state index in [4.69, 9.17) is 4.74 Å². The summed E-state index contributed by atoms with van der Waals surface area (Å²) >= 11 is 3.35. The van der Waals surface area contributed by atoms with Gasteiger partial charge in [0.25, 0.3) is 0 Å². The quantitative estimate of drug-likeness (QED) is 0.821. The van der Waals surface area contributed by atoms with Gasteiger partial charge in [0.2, 0.25) is 5.91 Å². The lowest BCUT2D eigenvalue weighted by molar-refractivity contribution is -0.117. The first kappa shape index (κ1) is 17.3. The number of anilines is 2. The van der Waals surface area contributed by atoms with E-state index in [-0.39, 0.29) is 24.4 Å². The first-order valence-electron chi connectivity index (χ1n) is 7.82. The van der Waals surface area contributed by atoms with E-state index >= 15 is 0 Å². The van der Waals surface area contributed by atoms with E-state index < -0.39 is 0 Å². The van der Waals surface area contributed by atoms with Gasteiger partial charge in [-0.1, -0.05) is 15.9 Å². The van der Waals surface area contributed by atoms with E-state index in [1.807, 2.05) is 36.4 Å².